The third-order valence-corrected chi connectivity index (χ3v) is 6.71. The van der Waals surface area contributed by atoms with Crippen molar-refractivity contribution in [1.82, 2.24) is 26.0 Å². The Morgan fingerprint density at radius 3 is 2.54 bits per heavy atom. The van der Waals surface area contributed by atoms with Gasteiger partial charge in [-0.2, -0.15) is 0 Å². The molecule has 5 N–H and O–H groups in total. The predicted octanol–water partition coefficient (Wildman–Crippen LogP) is 2.64. The van der Waals surface area contributed by atoms with E-state index in [-0.39, 0.29) is 24.5 Å². The molecule has 39 heavy (non-hydrogen) atoms. The molecule has 12 heteroatoms. The van der Waals surface area contributed by atoms with Crippen molar-refractivity contribution in [2.75, 3.05) is 26.2 Å². The van der Waals surface area contributed by atoms with Crippen molar-refractivity contribution >= 4 is 35.5 Å². The number of allylic oxidation sites excluding steroid dienone is 1. The minimum Gasteiger partial charge on any atom is -0.480 e. The number of carboxylic acid groups (broad SMARTS) is 1. The van der Waals surface area contributed by atoms with Crippen molar-refractivity contribution in [3.63, 3.8) is 0 Å². The molecular weight excluding hydrogens is 520 g/mol. The number of hydrogen-bond donors (Lipinski definition) is 5. The Morgan fingerprint density at radius 1 is 1.26 bits per heavy atom. The van der Waals surface area contributed by atoms with E-state index >= 15 is 0 Å². The van der Waals surface area contributed by atoms with Crippen molar-refractivity contribution < 1.29 is 24.2 Å². The zero-order valence-electron chi connectivity index (χ0n) is 21.6. The number of terminal acetylenes is 1. The van der Waals surface area contributed by atoms with Crippen molar-refractivity contribution in [3.8, 4) is 18.1 Å². The monoisotopic (exact) mass is 552 g/mol. The second-order valence-electron chi connectivity index (χ2n) is 8.58. The average Bonchev–Trinajstić information content (AvgIpc) is 3.66. The molecule has 1 fully saturated rings. The van der Waals surface area contributed by atoms with Gasteiger partial charge in [-0.25, -0.2) is 15.0 Å². The minimum absolute atomic E-state index is 0.0618. The van der Waals surface area contributed by atoms with E-state index in [2.05, 4.69) is 22.1 Å². The molecule has 0 unspecified atom stereocenters. The van der Waals surface area contributed by atoms with Gasteiger partial charge in [0, 0.05) is 32.3 Å². The van der Waals surface area contributed by atoms with Crippen LogP contribution in [0.3, 0.4) is 0 Å². The van der Waals surface area contributed by atoms with E-state index in [4.69, 9.17) is 16.6 Å². The van der Waals surface area contributed by atoms with Crippen LogP contribution in [0.15, 0.2) is 53.3 Å². The van der Waals surface area contributed by atoms with E-state index in [1.54, 1.807) is 46.7 Å². The molecule has 206 valence electrons. The number of carbonyl (C=O) groups excluding carboxylic acids is 2. The van der Waals surface area contributed by atoms with Gasteiger partial charge in [-0.1, -0.05) is 31.0 Å². The van der Waals surface area contributed by atoms with E-state index < -0.39 is 24.0 Å². The molecule has 0 saturated carbocycles. The summed E-state index contributed by atoms with van der Waals surface area (Å²) in [6, 6.07) is 8.86. The third kappa shape index (κ3) is 8.07. The zero-order valence-corrected chi connectivity index (χ0v) is 22.4. The van der Waals surface area contributed by atoms with Crippen molar-refractivity contribution in [1.29, 1.82) is 5.41 Å². The van der Waals surface area contributed by atoms with Crippen LogP contribution in [-0.2, 0) is 11.2 Å². The summed E-state index contributed by atoms with van der Waals surface area (Å²) in [5.41, 5.74) is 6.50. The first-order chi connectivity index (χ1) is 18.9. The number of rotatable bonds is 13. The predicted molar refractivity (Wildman–Crippen MR) is 148 cm³/mol. The topological polar surface area (TPSA) is 147 Å². The smallest absolute Gasteiger partial charge is 0.415 e. The van der Waals surface area contributed by atoms with Gasteiger partial charge in [0.15, 0.2) is 0 Å². The fraction of sp³-hybridized carbons (Fsp3) is 0.333. The second-order valence-corrected chi connectivity index (χ2v) is 9.53. The number of carboxylic acids is 1. The van der Waals surface area contributed by atoms with Gasteiger partial charge in [0.25, 0.3) is 5.91 Å². The van der Waals surface area contributed by atoms with Crippen molar-refractivity contribution in [3.05, 3.63) is 63.7 Å². The lowest BCUT2D eigenvalue weighted by Gasteiger charge is -2.27. The lowest BCUT2D eigenvalue weighted by atomic mass is 10.1. The Labute approximate surface area is 231 Å². The average molecular weight is 553 g/mol. The number of amides is 2. The summed E-state index contributed by atoms with van der Waals surface area (Å²) < 4.78 is 5.41. The van der Waals surface area contributed by atoms with Gasteiger partial charge in [-0.3, -0.25) is 9.69 Å². The van der Waals surface area contributed by atoms with Gasteiger partial charge in [0.05, 0.1) is 11.4 Å². The molecule has 1 aromatic heterocycles. The van der Waals surface area contributed by atoms with Crippen molar-refractivity contribution in [2.45, 2.75) is 32.2 Å². The highest BCUT2D eigenvalue weighted by atomic mass is 32.1. The minimum atomic E-state index is -1.15. The summed E-state index contributed by atoms with van der Waals surface area (Å²) in [6.45, 7) is 3.53. The van der Waals surface area contributed by atoms with Crippen LogP contribution in [0.25, 0.3) is 0 Å². The maximum Gasteiger partial charge on any atom is 0.415 e. The molecule has 0 bridgehead atoms. The van der Waals surface area contributed by atoms with Gasteiger partial charge in [0.2, 0.25) is 0 Å². The Bertz CT molecular complexity index is 1220. The summed E-state index contributed by atoms with van der Waals surface area (Å²) in [6.07, 6.45) is 8.04. The molecule has 11 nitrogen and oxygen atoms in total. The van der Waals surface area contributed by atoms with E-state index in [1.165, 1.54) is 16.2 Å². The van der Waals surface area contributed by atoms with Crippen LogP contribution in [0.4, 0.5) is 4.79 Å². The molecule has 1 atom stereocenters. The molecule has 1 aliphatic rings. The lowest BCUT2D eigenvalue weighted by molar-refractivity contribution is -0.139. The third-order valence-electron chi connectivity index (χ3n) is 5.85. The summed E-state index contributed by atoms with van der Waals surface area (Å²) in [5, 5.41) is 22.7. The number of carbonyl (C=O) groups is 3. The highest BCUT2D eigenvalue weighted by molar-refractivity contribution is 7.12. The summed E-state index contributed by atoms with van der Waals surface area (Å²) in [7, 11) is 0. The quantitative estimate of drug-likeness (QED) is 0.145. The molecule has 2 heterocycles. The van der Waals surface area contributed by atoms with Crippen molar-refractivity contribution in [2.24, 2.45) is 0 Å². The zero-order chi connectivity index (χ0) is 28.2. The van der Waals surface area contributed by atoms with E-state index in [0.717, 1.165) is 19.1 Å². The Morgan fingerprint density at radius 2 is 1.97 bits per heavy atom. The Kier molecular flexibility index (Phi) is 10.9. The molecule has 3 rings (SSSR count). The first-order valence-electron chi connectivity index (χ1n) is 12.4. The number of benzene rings is 1. The number of hydrogen-bond acceptors (Lipinski definition) is 9. The molecule has 2 amide bonds. The van der Waals surface area contributed by atoms with Crippen LogP contribution in [0, 0.1) is 17.8 Å². The molecule has 0 radical (unpaired) electrons. The fourth-order valence-electron chi connectivity index (χ4n) is 3.90. The Balaban J connectivity index is 1.81. The van der Waals surface area contributed by atoms with Crippen LogP contribution in [0.5, 0.6) is 5.75 Å². The van der Waals surface area contributed by atoms with Crippen LogP contribution >= 0.6 is 11.3 Å². The van der Waals surface area contributed by atoms with Gasteiger partial charge in [-0.15, -0.1) is 17.8 Å². The normalized spacial score (nSPS) is 14.0. The summed E-state index contributed by atoms with van der Waals surface area (Å²) >= 11 is 1.23. The maximum absolute atomic E-state index is 13.1. The molecule has 0 spiro atoms. The van der Waals surface area contributed by atoms with Crippen LogP contribution in [0.1, 0.15) is 35.0 Å². The number of thiophene rings is 1. The maximum atomic E-state index is 13.1. The number of aliphatic carboxylic acids is 1. The standard InChI is InChI=1S/C27H32N6O5S/c1-3-13-33(25(34)23-8-7-16-39-23)22(18-28)24(31-29-4-2)30-21(26(35)36)17-19-9-11-20(12-10-19)38-27(37)32-14-5-6-15-32/h1,7-12,16,18,21,28-31H,4-6,13-15,17H2,2H3,(H,35,36)/b24-22+,28-18?/t21-/m0/s1. The van der Waals surface area contributed by atoms with Gasteiger partial charge in [-0.05, 0) is 42.0 Å². The first-order valence-corrected chi connectivity index (χ1v) is 13.3. The molecule has 1 aliphatic heterocycles. The van der Waals surface area contributed by atoms with Gasteiger partial charge >= 0.3 is 12.1 Å². The molecule has 0 aliphatic carbocycles. The molecule has 1 saturated heterocycles. The second kappa shape index (κ2) is 14.6. The number of likely N-dealkylation sites (tertiary alicyclic amines) is 1. The van der Waals surface area contributed by atoms with E-state index in [9.17, 15) is 19.5 Å². The largest absolute Gasteiger partial charge is 0.480 e. The number of nitrogens with zero attached hydrogens (tertiary/aromatic N) is 2. The molecule has 2 aromatic rings. The Hall–Kier alpha value is -4.34. The lowest BCUT2D eigenvalue weighted by Crippen LogP contribution is -2.48. The van der Waals surface area contributed by atoms with E-state index in [0.29, 0.717) is 35.8 Å². The van der Waals surface area contributed by atoms with E-state index in [1.807, 2.05) is 6.92 Å². The van der Waals surface area contributed by atoms with Gasteiger partial charge in [0.1, 0.15) is 23.3 Å². The highest BCUT2D eigenvalue weighted by Gasteiger charge is 2.26. The highest BCUT2D eigenvalue weighted by Crippen LogP contribution is 2.19. The molecular formula is C27H32N6O5S. The number of ether oxygens (including phenoxy) is 1. The fourth-order valence-corrected chi connectivity index (χ4v) is 4.57. The molecule has 1 aromatic carbocycles. The first kappa shape index (κ1) is 29.2. The number of nitrogens with one attached hydrogen (secondary N) is 4. The summed E-state index contributed by atoms with van der Waals surface area (Å²) in [5.74, 6) is 1.35. The summed E-state index contributed by atoms with van der Waals surface area (Å²) in [4.78, 5) is 40.9. The van der Waals surface area contributed by atoms with Crippen LogP contribution in [0.2, 0.25) is 0 Å². The van der Waals surface area contributed by atoms with Crippen LogP contribution < -0.4 is 20.9 Å². The SMILES string of the molecule is C#CCN(C(=O)c1cccs1)/C(C=N)=C(/NNCC)N[C@@H](Cc1ccc(OC(=O)N2CCCC2)cc1)C(=O)O. The van der Waals surface area contributed by atoms with Gasteiger partial charge < -0.3 is 30.9 Å². The van der Waals surface area contributed by atoms with Crippen LogP contribution in [-0.4, -0.2) is 71.3 Å². The number of hydrazine groups is 1.